The molecule has 9 nitrogen and oxygen atoms in total. The molecule has 5 rings (SSSR count). The van der Waals surface area contributed by atoms with Gasteiger partial charge in [0.15, 0.2) is 16.7 Å². The van der Waals surface area contributed by atoms with Gasteiger partial charge >= 0.3 is 0 Å². The fourth-order valence-corrected chi connectivity index (χ4v) is 4.99. The Bertz CT molecular complexity index is 1180. The van der Waals surface area contributed by atoms with Crippen molar-refractivity contribution in [2.24, 2.45) is 0 Å². The van der Waals surface area contributed by atoms with Crippen molar-refractivity contribution in [3.63, 3.8) is 0 Å². The minimum absolute atomic E-state index is 0.00754. The molecule has 0 saturated carbocycles. The van der Waals surface area contributed by atoms with E-state index < -0.39 is 0 Å². The number of fused-ring (bicyclic) bond motifs is 2. The van der Waals surface area contributed by atoms with Crippen LogP contribution in [0.1, 0.15) is 53.0 Å². The highest BCUT2D eigenvalue weighted by Crippen LogP contribution is 2.30. The molecule has 160 valence electrons. The van der Waals surface area contributed by atoms with Crippen molar-refractivity contribution in [1.82, 2.24) is 33.9 Å². The fourth-order valence-electron chi connectivity index (χ4n) is 4.33. The molecule has 4 heterocycles. The quantitative estimate of drug-likeness (QED) is 0.610. The van der Waals surface area contributed by atoms with Crippen molar-refractivity contribution in [1.29, 1.82) is 0 Å². The second kappa shape index (κ2) is 7.52. The summed E-state index contributed by atoms with van der Waals surface area (Å²) in [5, 5.41) is 9.44. The van der Waals surface area contributed by atoms with Crippen LogP contribution in [0.2, 0.25) is 0 Å². The zero-order valence-electron chi connectivity index (χ0n) is 17.7. The summed E-state index contributed by atoms with van der Waals surface area (Å²) in [4.78, 5) is 33.1. The second-order valence-corrected chi connectivity index (χ2v) is 8.78. The molecule has 1 aromatic carbocycles. The van der Waals surface area contributed by atoms with E-state index in [4.69, 9.17) is 0 Å². The minimum Gasteiger partial charge on any atom is -0.338 e. The van der Waals surface area contributed by atoms with Crippen LogP contribution in [0.3, 0.4) is 0 Å². The number of carbonyl (C=O) groups is 2. The third-order valence-corrected chi connectivity index (χ3v) is 6.88. The standard InChI is InChI=1S/C21H23N7O2S/c1-12-18-23-24-19(20-22-13(2)25-31-20)28(18)9-8-27(12)21(30)16-4-5-17-11-26(14(3)29)7-6-15(17)10-16/h4-5,10,12H,6-9,11H2,1-3H3/t12-/m1/s1. The summed E-state index contributed by atoms with van der Waals surface area (Å²) in [5.74, 6) is 2.27. The summed E-state index contributed by atoms with van der Waals surface area (Å²) in [7, 11) is 0. The zero-order valence-corrected chi connectivity index (χ0v) is 18.5. The molecular weight excluding hydrogens is 414 g/mol. The van der Waals surface area contributed by atoms with E-state index in [9.17, 15) is 9.59 Å². The lowest BCUT2D eigenvalue weighted by Crippen LogP contribution is -2.41. The highest BCUT2D eigenvalue weighted by atomic mass is 32.1. The highest BCUT2D eigenvalue weighted by Gasteiger charge is 2.33. The smallest absolute Gasteiger partial charge is 0.254 e. The zero-order chi connectivity index (χ0) is 21.7. The van der Waals surface area contributed by atoms with Crippen molar-refractivity contribution in [3.8, 4) is 10.8 Å². The average molecular weight is 438 g/mol. The fraction of sp³-hybridized carbons (Fsp3) is 0.429. The van der Waals surface area contributed by atoms with Crippen molar-refractivity contribution in [2.75, 3.05) is 13.1 Å². The molecule has 0 radical (unpaired) electrons. The van der Waals surface area contributed by atoms with Crippen molar-refractivity contribution in [2.45, 2.75) is 46.3 Å². The van der Waals surface area contributed by atoms with Crippen LogP contribution in [-0.2, 0) is 24.3 Å². The summed E-state index contributed by atoms with van der Waals surface area (Å²) >= 11 is 1.31. The van der Waals surface area contributed by atoms with E-state index >= 15 is 0 Å². The normalized spacial score (nSPS) is 18.0. The Morgan fingerprint density at radius 1 is 1.13 bits per heavy atom. The molecule has 3 aromatic rings. The third kappa shape index (κ3) is 3.40. The van der Waals surface area contributed by atoms with Crippen molar-refractivity contribution >= 4 is 23.3 Å². The number of carbonyl (C=O) groups excluding carboxylic acids is 2. The van der Waals surface area contributed by atoms with Gasteiger partial charge in [0.2, 0.25) is 5.91 Å². The van der Waals surface area contributed by atoms with Gasteiger partial charge in [0.05, 0.1) is 6.04 Å². The Morgan fingerprint density at radius 2 is 1.97 bits per heavy atom. The first-order valence-corrected chi connectivity index (χ1v) is 11.1. The largest absolute Gasteiger partial charge is 0.338 e. The Hall–Kier alpha value is -3.14. The molecule has 2 aliphatic rings. The molecule has 0 aliphatic carbocycles. The lowest BCUT2D eigenvalue weighted by molar-refractivity contribution is -0.129. The van der Waals surface area contributed by atoms with Crippen molar-refractivity contribution < 1.29 is 9.59 Å². The Kier molecular flexibility index (Phi) is 4.81. The van der Waals surface area contributed by atoms with Crippen LogP contribution in [0.5, 0.6) is 0 Å². The third-order valence-electron chi connectivity index (χ3n) is 6.08. The Balaban J connectivity index is 1.38. The van der Waals surface area contributed by atoms with Gasteiger partial charge in [-0.15, -0.1) is 10.2 Å². The lowest BCUT2D eigenvalue weighted by Gasteiger charge is -2.34. The summed E-state index contributed by atoms with van der Waals surface area (Å²) in [5.41, 5.74) is 2.93. The van der Waals surface area contributed by atoms with E-state index in [1.807, 2.05) is 46.4 Å². The van der Waals surface area contributed by atoms with E-state index in [1.54, 1.807) is 6.92 Å². The van der Waals surface area contributed by atoms with Gasteiger partial charge in [-0.05, 0) is 55.1 Å². The van der Waals surface area contributed by atoms with Crippen LogP contribution in [0, 0.1) is 6.92 Å². The molecular formula is C21H23N7O2S. The molecule has 0 saturated heterocycles. The van der Waals surface area contributed by atoms with Gasteiger partial charge in [-0.1, -0.05) is 6.07 Å². The summed E-state index contributed by atoms with van der Waals surface area (Å²) < 4.78 is 6.28. The topological polar surface area (TPSA) is 97.1 Å². The van der Waals surface area contributed by atoms with Crippen LogP contribution in [0.15, 0.2) is 18.2 Å². The average Bonchev–Trinajstić information content (AvgIpc) is 3.39. The SMILES string of the molecule is CC(=O)N1CCc2cc(C(=O)N3CCn4c(-c5nc(C)ns5)nnc4[C@H]3C)ccc2C1. The van der Waals surface area contributed by atoms with Gasteiger partial charge < -0.3 is 14.4 Å². The number of rotatable bonds is 2. The summed E-state index contributed by atoms with van der Waals surface area (Å²) in [6, 6.07) is 5.63. The predicted molar refractivity (Wildman–Crippen MR) is 114 cm³/mol. The van der Waals surface area contributed by atoms with Gasteiger partial charge in [-0.25, -0.2) is 4.98 Å². The predicted octanol–water partition coefficient (Wildman–Crippen LogP) is 2.23. The molecule has 1 atom stereocenters. The van der Waals surface area contributed by atoms with E-state index in [0.29, 0.717) is 37.6 Å². The van der Waals surface area contributed by atoms with Crippen LogP contribution in [0.4, 0.5) is 0 Å². The minimum atomic E-state index is -0.194. The van der Waals surface area contributed by atoms with Crippen LogP contribution in [0.25, 0.3) is 10.8 Å². The molecule has 31 heavy (non-hydrogen) atoms. The van der Waals surface area contributed by atoms with E-state index in [-0.39, 0.29) is 17.9 Å². The maximum absolute atomic E-state index is 13.3. The van der Waals surface area contributed by atoms with Gasteiger partial charge in [-0.3, -0.25) is 9.59 Å². The summed E-state index contributed by atoms with van der Waals surface area (Å²) in [6.45, 7) is 7.92. The molecule has 0 spiro atoms. The monoisotopic (exact) mass is 437 g/mol. The number of amides is 2. The van der Waals surface area contributed by atoms with Crippen LogP contribution < -0.4 is 0 Å². The number of benzene rings is 1. The molecule has 0 bridgehead atoms. The van der Waals surface area contributed by atoms with Crippen LogP contribution >= 0.6 is 11.5 Å². The molecule has 2 aromatic heterocycles. The number of aryl methyl sites for hydroxylation is 1. The van der Waals surface area contributed by atoms with Gasteiger partial charge in [0.1, 0.15) is 5.82 Å². The first-order valence-electron chi connectivity index (χ1n) is 10.3. The molecule has 2 amide bonds. The van der Waals surface area contributed by atoms with Crippen molar-refractivity contribution in [3.05, 3.63) is 46.5 Å². The number of hydrogen-bond donors (Lipinski definition) is 0. The molecule has 2 aliphatic heterocycles. The number of aromatic nitrogens is 5. The van der Waals surface area contributed by atoms with Crippen LogP contribution in [-0.4, -0.2) is 58.8 Å². The number of hydrogen-bond acceptors (Lipinski definition) is 7. The molecule has 10 heteroatoms. The van der Waals surface area contributed by atoms with Gasteiger partial charge in [0.25, 0.3) is 5.91 Å². The van der Waals surface area contributed by atoms with Gasteiger partial charge in [-0.2, -0.15) is 4.37 Å². The summed E-state index contributed by atoms with van der Waals surface area (Å²) in [6.07, 6.45) is 0.768. The molecule has 0 N–H and O–H groups in total. The maximum Gasteiger partial charge on any atom is 0.254 e. The second-order valence-electron chi connectivity index (χ2n) is 8.03. The van der Waals surface area contributed by atoms with Gasteiger partial charge in [0, 0.05) is 38.7 Å². The Morgan fingerprint density at radius 3 is 2.71 bits per heavy atom. The highest BCUT2D eigenvalue weighted by molar-refractivity contribution is 7.09. The Labute approximate surface area is 183 Å². The number of nitrogens with zero attached hydrogens (tertiary/aromatic N) is 7. The molecule has 0 fully saturated rings. The van der Waals surface area contributed by atoms with E-state index in [1.165, 1.54) is 11.5 Å². The lowest BCUT2D eigenvalue weighted by atomic mass is 9.96. The van der Waals surface area contributed by atoms with E-state index in [2.05, 4.69) is 19.6 Å². The molecule has 0 unspecified atom stereocenters. The first-order chi connectivity index (χ1) is 14.9. The first kappa shape index (κ1) is 19.8. The maximum atomic E-state index is 13.3. The van der Waals surface area contributed by atoms with E-state index in [0.717, 1.165) is 34.2 Å².